The van der Waals surface area contributed by atoms with Gasteiger partial charge in [-0.15, -0.1) is 0 Å². The normalized spacial score (nSPS) is 10.9. The summed E-state index contributed by atoms with van der Waals surface area (Å²) in [5, 5.41) is 1.26. The van der Waals surface area contributed by atoms with Crippen molar-refractivity contribution in [3.05, 3.63) is 65.1 Å². The molecule has 4 heteroatoms. The SMILES string of the molecule is COc1ccc2c(ccn2Cc2ccc(F)c(Cl)c2)c1. The molecular weight excluding hydrogens is 277 g/mol. The van der Waals surface area contributed by atoms with Crippen LogP contribution in [-0.4, -0.2) is 11.7 Å². The monoisotopic (exact) mass is 289 g/mol. The molecule has 0 bridgehead atoms. The lowest BCUT2D eigenvalue weighted by Crippen LogP contribution is -1.98. The zero-order valence-corrected chi connectivity index (χ0v) is 11.7. The van der Waals surface area contributed by atoms with Gasteiger partial charge in [-0.25, -0.2) is 4.39 Å². The van der Waals surface area contributed by atoms with E-state index in [4.69, 9.17) is 16.3 Å². The minimum Gasteiger partial charge on any atom is -0.497 e. The maximum Gasteiger partial charge on any atom is 0.141 e. The van der Waals surface area contributed by atoms with Crippen LogP contribution in [0.3, 0.4) is 0 Å². The summed E-state index contributed by atoms with van der Waals surface area (Å²) in [6.07, 6.45) is 2.00. The maximum absolute atomic E-state index is 13.2. The molecule has 1 heterocycles. The van der Waals surface area contributed by atoms with Crippen molar-refractivity contribution in [2.75, 3.05) is 7.11 Å². The molecule has 20 heavy (non-hydrogen) atoms. The van der Waals surface area contributed by atoms with Crippen LogP contribution in [0.2, 0.25) is 5.02 Å². The van der Waals surface area contributed by atoms with Gasteiger partial charge in [-0.3, -0.25) is 0 Å². The van der Waals surface area contributed by atoms with E-state index in [0.717, 1.165) is 22.2 Å². The Kier molecular flexibility index (Phi) is 3.36. The second-order valence-corrected chi connectivity index (χ2v) is 5.02. The summed E-state index contributed by atoms with van der Waals surface area (Å²) >= 11 is 5.81. The third kappa shape index (κ3) is 2.37. The number of nitrogens with zero attached hydrogens (tertiary/aromatic N) is 1. The predicted molar refractivity (Wildman–Crippen MR) is 79.0 cm³/mol. The highest BCUT2D eigenvalue weighted by Gasteiger charge is 2.05. The number of hydrogen-bond donors (Lipinski definition) is 0. The number of fused-ring (bicyclic) bond motifs is 1. The lowest BCUT2D eigenvalue weighted by molar-refractivity contribution is 0.415. The van der Waals surface area contributed by atoms with Crippen molar-refractivity contribution in [1.29, 1.82) is 0 Å². The topological polar surface area (TPSA) is 14.2 Å². The van der Waals surface area contributed by atoms with Gasteiger partial charge in [0.15, 0.2) is 0 Å². The fourth-order valence-electron chi connectivity index (χ4n) is 2.28. The van der Waals surface area contributed by atoms with Gasteiger partial charge in [-0.05, 0) is 42.0 Å². The molecule has 0 unspecified atom stereocenters. The lowest BCUT2D eigenvalue weighted by atomic mass is 10.2. The van der Waals surface area contributed by atoms with Gasteiger partial charge in [-0.2, -0.15) is 0 Å². The van der Waals surface area contributed by atoms with Crippen molar-refractivity contribution in [2.45, 2.75) is 6.54 Å². The molecule has 0 saturated carbocycles. The molecule has 0 radical (unpaired) electrons. The Bertz CT molecular complexity index is 766. The van der Waals surface area contributed by atoms with E-state index in [0.29, 0.717) is 6.54 Å². The number of methoxy groups -OCH3 is 1. The summed E-state index contributed by atoms with van der Waals surface area (Å²) < 4.78 is 20.5. The van der Waals surface area contributed by atoms with Gasteiger partial charge in [0.1, 0.15) is 11.6 Å². The first kappa shape index (κ1) is 13.0. The molecule has 0 aliphatic carbocycles. The van der Waals surface area contributed by atoms with Crippen LogP contribution in [0.15, 0.2) is 48.7 Å². The van der Waals surface area contributed by atoms with Crippen LogP contribution in [-0.2, 0) is 6.54 Å². The summed E-state index contributed by atoms with van der Waals surface area (Å²) in [6, 6.07) is 12.8. The zero-order valence-electron chi connectivity index (χ0n) is 10.9. The van der Waals surface area contributed by atoms with Gasteiger partial charge < -0.3 is 9.30 Å². The largest absolute Gasteiger partial charge is 0.497 e. The predicted octanol–water partition coefficient (Wildman–Crippen LogP) is 4.49. The molecular formula is C16H13ClFNO. The first-order chi connectivity index (χ1) is 9.67. The molecule has 0 aliphatic heterocycles. The minimum atomic E-state index is -0.391. The molecule has 102 valence electrons. The van der Waals surface area contributed by atoms with Crippen molar-refractivity contribution < 1.29 is 9.13 Å². The van der Waals surface area contributed by atoms with E-state index >= 15 is 0 Å². The molecule has 2 aromatic carbocycles. The molecule has 3 rings (SSSR count). The zero-order chi connectivity index (χ0) is 14.1. The van der Waals surface area contributed by atoms with Crippen molar-refractivity contribution in [1.82, 2.24) is 4.57 Å². The third-order valence-electron chi connectivity index (χ3n) is 3.32. The van der Waals surface area contributed by atoms with E-state index in [-0.39, 0.29) is 5.02 Å². The number of ether oxygens (including phenoxy) is 1. The number of hydrogen-bond acceptors (Lipinski definition) is 1. The Hall–Kier alpha value is -2.00. The second kappa shape index (κ2) is 5.17. The Morgan fingerprint density at radius 2 is 2.00 bits per heavy atom. The molecule has 0 spiro atoms. The summed E-state index contributed by atoms with van der Waals surface area (Å²) in [7, 11) is 1.65. The first-order valence-corrected chi connectivity index (χ1v) is 6.62. The van der Waals surface area contributed by atoms with E-state index < -0.39 is 5.82 Å². The molecule has 0 aliphatic rings. The van der Waals surface area contributed by atoms with Crippen molar-refractivity contribution in [3.8, 4) is 5.75 Å². The quantitative estimate of drug-likeness (QED) is 0.693. The van der Waals surface area contributed by atoms with E-state index in [1.807, 2.05) is 30.5 Å². The number of aromatic nitrogens is 1. The fraction of sp³-hybridized carbons (Fsp3) is 0.125. The van der Waals surface area contributed by atoms with Crippen LogP contribution < -0.4 is 4.74 Å². The highest BCUT2D eigenvalue weighted by molar-refractivity contribution is 6.30. The summed E-state index contributed by atoms with van der Waals surface area (Å²) in [6.45, 7) is 0.649. The first-order valence-electron chi connectivity index (χ1n) is 6.24. The summed E-state index contributed by atoms with van der Waals surface area (Å²) in [5.41, 5.74) is 2.07. The number of rotatable bonds is 3. The van der Waals surface area contributed by atoms with Crippen molar-refractivity contribution in [3.63, 3.8) is 0 Å². The molecule has 0 atom stereocenters. The second-order valence-electron chi connectivity index (χ2n) is 4.62. The average Bonchev–Trinajstić information content (AvgIpc) is 2.85. The van der Waals surface area contributed by atoms with Gasteiger partial charge in [-0.1, -0.05) is 17.7 Å². The molecule has 3 aromatic rings. The summed E-state index contributed by atoms with van der Waals surface area (Å²) in [4.78, 5) is 0. The molecule has 0 fully saturated rings. The third-order valence-corrected chi connectivity index (χ3v) is 3.60. The summed E-state index contributed by atoms with van der Waals surface area (Å²) in [5.74, 6) is 0.442. The van der Waals surface area contributed by atoms with Gasteiger partial charge in [0, 0.05) is 23.6 Å². The molecule has 0 saturated heterocycles. The Morgan fingerprint density at radius 1 is 1.15 bits per heavy atom. The highest BCUT2D eigenvalue weighted by Crippen LogP contribution is 2.23. The van der Waals surface area contributed by atoms with Crippen LogP contribution in [0.25, 0.3) is 10.9 Å². The molecule has 2 nitrogen and oxygen atoms in total. The van der Waals surface area contributed by atoms with E-state index in [1.54, 1.807) is 19.2 Å². The van der Waals surface area contributed by atoms with E-state index in [2.05, 4.69) is 4.57 Å². The highest BCUT2D eigenvalue weighted by atomic mass is 35.5. The average molecular weight is 290 g/mol. The van der Waals surface area contributed by atoms with Crippen molar-refractivity contribution in [2.24, 2.45) is 0 Å². The Labute approximate surface area is 121 Å². The van der Waals surface area contributed by atoms with Gasteiger partial charge in [0.2, 0.25) is 0 Å². The lowest BCUT2D eigenvalue weighted by Gasteiger charge is -2.07. The molecule has 0 amide bonds. The Morgan fingerprint density at radius 3 is 2.75 bits per heavy atom. The maximum atomic E-state index is 13.2. The fourth-order valence-corrected chi connectivity index (χ4v) is 2.48. The minimum absolute atomic E-state index is 0.153. The molecule has 1 aromatic heterocycles. The van der Waals surface area contributed by atoms with E-state index in [9.17, 15) is 4.39 Å². The molecule has 0 N–H and O–H groups in total. The van der Waals surface area contributed by atoms with Crippen LogP contribution in [0.4, 0.5) is 4.39 Å². The van der Waals surface area contributed by atoms with Gasteiger partial charge in [0.05, 0.1) is 12.1 Å². The number of halogens is 2. The van der Waals surface area contributed by atoms with Gasteiger partial charge >= 0.3 is 0 Å². The standard InChI is InChI=1S/C16H13ClFNO/c1-20-13-3-5-16-12(9-13)6-7-19(16)10-11-2-4-15(18)14(17)8-11/h2-9H,10H2,1H3. The van der Waals surface area contributed by atoms with Crippen LogP contribution in [0.5, 0.6) is 5.75 Å². The van der Waals surface area contributed by atoms with E-state index in [1.165, 1.54) is 6.07 Å². The van der Waals surface area contributed by atoms with Crippen molar-refractivity contribution >= 4 is 22.5 Å². The van der Waals surface area contributed by atoms with Gasteiger partial charge in [0.25, 0.3) is 0 Å². The number of benzene rings is 2. The van der Waals surface area contributed by atoms with Crippen LogP contribution >= 0.6 is 11.6 Å². The van der Waals surface area contributed by atoms with Crippen LogP contribution in [0, 0.1) is 5.82 Å². The van der Waals surface area contributed by atoms with Crippen LogP contribution in [0.1, 0.15) is 5.56 Å². The Balaban J connectivity index is 1.96. The smallest absolute Gasteiger partial charge is 0.141 e.